The van der Waals surface area contributed by atoms with Gasteiger partial charge in [-0.3, -0.25) is 4.79 Å². The van der Waals surface area contributed by atoms with Crippen LogP contribution in [0.5, 0.6) is 0 Å². The van der Waals surface area contributed by atoms with Crippen LogP contribution in [-0.4, -0.2) is 42.9 Å². The molecule has 7 heteroatoms. The summed E-state index contributed by atoms with van der Waals surface area (Å²) in [6.07, 6.45) is 2.66. The summed E-state index contributed by atoms with van der Waals surface area (Å²) in [6.45, 7) is 3.57. The third-order valence-electron chi connectivity index (χ3n) is 4.59. The van der Waals surface area contributed by atoms with E-state index in [0.29, 0.717) is 0 Å². The van der Waals surface area contributed by atoms with Gasteiger partial charge in [-0.1, -0.05) is 0 Å². The molecule has 0 amide bonds. The summed E-state index contributed by atoms with van der Waals surface area (Å²) < 4.78 is 28.3. The minimum absolute atomic E-state index is 0.125. The van der Waals surface area contributed by atoms with Crippen LogP contribution in [0.2, 0.25) is 0 Å². The Morgan fingerprint density at radius 3 is 2.42 bits per heavy atom. The topological polar surface area (TPSA) is 86.7 Å². The number of carboxylic acid groups (broad SMARTS) is 1. The van der Waals surface area contributed by atoms with E-state index in [9.17, 15) is 18.3 Å². The van der Waals surface area contributed by atoms with Crippen molar-refractivity contribution in [1.29, 1.82) is 0 Å². The molecule has 2 fully saturated rings. The molecule has 0 aromatic carbocycles. The van der Waals surface area contributed by atoms with Crippen molar-refractivity contribution in [1.82, 2.24) is 9.03 Å². The largest absolute Gasteiger partial charge is 0.481 e. The lowest BCUT2D eigenvalue weighted by Gasteiger charge is -2.31. The first-order chi connectivity index (χ1) is 8.74. The Bertz CT molecular complexity index is 462. The van der Waals surface area contributed by atoms with Gasteiger partial charge in [0.2, 0.25) is 0 Å². The summed E-state index contributed by atoms with van der Waals surface area (Å²) in [7, 11) is -2.10. The van der Waals surface area contributed by atoms with E-state index in [2.05, 4.69) is 4.72 Å². The average molecular weight is 290 g/mol. The second-order valence-electron chi connectivity index (χ2n) is 5.96. The van der Waals surface area contributed by atoms with Gasteiger partial charge in [0, 0.05) is 19.1 Å². The van der Waals surface area contributed by atoms with E-state index in [1.807, 2.05) is 0 Å². The van der Waals surface area contributed by atoms with Gasteiger partial charge in [0.25, 0.3) is 10.2 Å². The predicted molar refractivity (Wildman–Crippen MR) is 70.7 cm³/mol. The van der Waals surface area contributed by atoms with Crippen molar-refractivity contribution in [2.24, 2.45) is 17.8 Å². The van der Waals surface area contributed by atoms with Crippen LogP contribution in [0, 0.1) is 17.8 Å². The van der Waals surface area contributed by atoms with E-state index in [1.54, 1.807) is 13.8 Å². The number of nitrogens with zero attached hydrogens (tertiary/aromatic N) is 1. The van der Waals surface area contributed by atoms with E-state index >= 15 is 0 Å². The molecule has 6 nitrogen and oxygen atoms in total. The lowest BCUT2D eigenvalue weighted by atomic mass is 9.85. The van der Waals surface area contributed by atoms with Crippen LogP contribution in [0.4, 0.5) is 0 Å². The molecule has 0 heterocycles. The van der Waals surface area contributed by atoms with Crippen LogP contribution >= 0.6 is 0 Å². The monoisotopic (exact) mass is 290 g/mol. The number of rotatable bonds is 5. The summed E-state index contributed by atoms with van der Waals surface area (Å²) in [4.78, 5) is 11.3. The zero-order valence-electron chi connectivity index (χ0n) is 11.5. The summed E-state index contributed by atoms with van der Waals surface area (Å²) in [5.41, 5.74) is 0. The minimum atomic E-state index is -3.61. The van der Waals surface area contributed by atoms with Crippen LogP contribution in [-0.2, 0) is 15.0 Å². The molecule has 0 spiro atoms. The summed E-state index contributed by atoms with van der Waals surface area (Å²) in [6, 6.07) is -0.609. The van der Waals surface area contributed by atoms with Crippen LogP contribution in [0.15, 0.2) is 0 Å². The normalized spacial score (nSPS) is 34.4. The molecule has 2 rings (SSSR count). The van der Waals surface area contributed by atoms with Gasteiger partial charge < -0.3 is 5.11 Å². The maximum Gasteiger partial charge on any atom is 0.308 e. The van der Waals surface area contributed by atoms with E-state index in [4.69, 9.17) is 0 Å². The quantitative estimate of drug-likeness (QED) is 0.779. The van der Waals surface area contributed by atoms with Gasteiger partial charge in [-0.2, -0.15) is 17.4 Å². The van der Waals surface area contributed by atoms with Crippen molar-refractivity contribution < 1.29 is 18.3 Å². The summed E-state index contributed by atoms with van der Waals surface area (Å²) in [5.74, 6) is -1.16. The molecule has 0 aliphatic heterocycles. The minimum Gasteiger partial charge on any atom is -0.481 e. The van der Waals surface area contributed by atoms with Crippen molar-refractivity contribution in [2.45, 2.75) is 45.2 Å². The Kier molecular flexibility index (Phi) is 3.90. The lowest BCUT2D eigenvalue weighted by molar-refractivity contribution is -0.144. The smallest absolute Gasteiger partial charge is 0.308 e. The Morgan fingerprint density at radius 1 is 1.32 bits per heavy atom. The SMILES string of the molecule is CC(C)N(C)S(=O)(=O)NC1C2CCC(C2)C1C(=O)O. The molecule has 110 valence electrons. The molecule has 4 unspecified atom stereocenters. The van der Waals surface area contributed by atoms with E-state index in [0.717, 1.165) is 19.3 Å². The second kappa shape index (κ2) is 5.03. The Morgan fingerprint density at radius 2 is 1.89 bits per heavy atom. The molecule has 2 N–H and O–H groups in total. The second-order valence-corrected chi connectivity index (χ2v) is 7.72. The molecule has 0 aromatic heterocycles. The number of carboxylic acids is 1. The standard InChI is InChI=1S/C12H22N2O4S/c1-7(2)14(3)19(17,18)13-11-9-5-4-8(6-9)10(11)12(15)16/h7-11,13H,4-6H2,1-3H3,(H,15,16). The first-order valence-electron chi connectivity index (χ1n) is 6.72. The molecular formula is C12H22N2O4S. The van der Waals surface area contributed by atoms with Crippen molar-refractivity contribution in [3.8, 4) is 0 Å². The molecule has 2 aliphatic rings. The van der Waals surface area contributed by atoms with Crippen molar-refractivity contribution >= 4 is 16.2 Å². The Labute approximate surface area is 114 Å². The van der Waals surface area contributed by atoms with Crippen molar-refractivity contribution in [2.75, 3.05) is 7.05 Å². The maximum atomic E-state index is 12.2. The molecule has 0 aromatic rings. The van der Waals surface area contributed by atoms with E-state index < -0.39 is 28.1 Å². The summed E-state index contributed by atoms with van der Waals surface area (Å²) >= 11 is 0. The van der Waals surface area contributed by atoms with Gasteiger partial charge in [-0.25, -0.2) is 0 Å². The highest BCUT2D eigenvalue weighted by Gasteiger charge is 2.52. The van der Waals surface area contributed by atoms with Gasteiger partial charge in [-0.15, -0.1) is 0 Å². The first kappa shape index (κ1) is 14.7. The number of carbonyl (C=O) groups is 1. The average Bonchev–Trinajstić information content (AvgIpc) is 2.87. The van der Waals surface area contributed by atoms with E-state index in [1.165, 1.54) is 11.4 Å². The first-order valence-corrected chi connectivity index (χ1v) is 8.16. The number of fused-ring (bicyclic) bond motifs is 2. The Hall–Kier alpha value is -0.660. The van der Waals surface area contributed by atoms with Crippen LogP contribution in [0.1, 0.15) is 33.1 Å². The zero-order valence-corrected chi connectivity index (χ0v) is 12.4. The number of aliphatic carboxylic acids is 1. The molecule has 0 saturated heterocycles. The molecule has 2 saturated carbocycles. The van der Waals surface area contributed by atoms with Gasteiger partial charge in [0.05, 0.1) is 5.92 Å². The third kappa shape index (κ3) is 2.64. The van der Waals surface area contributed by atoms with Gasteiger partial charge in [0.15, 0.2) is 0 Å². The predicted octanol–water partition coefficient (Wildman–Crippen LogP) is 0.660. The molecule has 2 bridgehead atoms. The fourth-order valence-electron chi connectivity index (χ4n) is 3.35. The Balaban J connectivity index is 2.16. The highest BCUT2D eigenvalue weighted by molar-refractivity contribution is 7.87. The molecule has 2 aliphatic carbocycles. The van der Waals surface area contributed by atoms with Crippen molar-refractivity contribution in [3.63, 3.8) is 0 Å². The lowest BCUT2D eigenvalue weighted by Crippen LogP contribution is -2.52. The summed E-state index contributed by atoms with van der Waals surface area (Å²) in [5, 5.41) is 9.30. The molecule has 19 heavy (non-hydrogen) atoms. The zero-order chi connectivity index (χ0) is 14.4. The molecule has 4 atom stereocenters. The van der Waals surface area contributed by atoms with Crippen LogP contribution in [0.25, 0.3) is 0 Å². The third-order valence-corrected chi connectivity index (χ3v) is 6.34. The van der Waals surface area contributed by atoms with Gasteiger partial charge in [-0.05, 0) is 44.9 Å². The van der Waals surface area contributed by atoms with Crippen LogP contribution in [0.3, 0.4) is 0 Å². The van der Waals surface area contributed by atoms with Crippen molar-refractivity contribution in [3.05, 3.63) is 0 Å². The number of hydrogen-bond acceptors (Lipinski definition) is 3. The van der Waals surface area contributed by atoms with E-state index in [-0.39, 0.29) is 17.9 Å². The highest BCUT2D eigenvalue weighted by atomic mass is 32.2. The fourth-order valence-corrected chi connectivity index (χ4v) is 4.75. The fraction of sp³-hybridized carbons (Fsp3) is 0.917. The van der Waals surface area contributed by atoms with Crippen LogP contribution < -0.4 is 4.72 Å². The van der Waals surface area contributed by atoms with Gasteiger partial charge >= 0.3 is 5.97 Å². The van der Waals surface area contributed by atoms with Gasteiger partial charge in [0.1, 0.15) is 0 Å². The number of hydrogen-bond donors (Lipinski definition) is 2. The number of nitrogens with one attached hydrogen (secondary N) is 1. The highest BCUT2D eigenvalue weighted by Crippen LogP contribution is 2.48. The molecular weight excluding hydrogens is 268 g/mol. The molecule has 0 radical (unpaired) electrons. The maximum absolute atomic E-state index is 12.2.